The maximum atomic E-state index is 12.7. The number of Topliss-reactive ketones (excluding diaryl/α,β-unsaturated/α-hetero) is 2. The van der Waals surface area contributed by atoms with Crippen LogP contribution in [-0.2, 0) is 28.7 Å². The van der Waals surface area contributed by atoms with Gasteiger partial charge in [-0.15, -0.1) is 0 Å². The summed E-state index contributed by atoms with van der Waals surface area (Å²) in [4.78, 5) is 49.6. The van der Waals surface area contributed by atoms with E-state index < -0.39 is 29.1 Å². The highest BCUT2D eigenvalue weighted by Gasteiger charge is 2.52. The number of carbonyl (C=O) groups is 4. The topological polar surface area (TPSA) is 86.7 Å². The summed E-state index contributed by atoms with van der Waals surface area (Å²) in [6, 6.07) is 0. The highest BCUT2D eigenvalue weighted by molar-refractivity contribution is 6.06. The van der Waals surface area contributed by atoms with Crippen LogP contribution >= 0.6 is 0 Å². The van der Waals surface area contributed by atoms with Crippen molar-refractivity contribution < 1.29 is 28.7 Å². The molecule has 6 nitrogen and oxygen atoms in total. The molecule has 0 aliphatic carbocycles. The monoisotopic (exact) mass is 366 g/mol. The van der Waals surface area contributed by atoms with Crippen molar-refractivity contribution >= 4 is 23.5 Å². The number of hydrogen-bond acceptors (Lipinski definition) is 6. The Morgan fingerprint density at radius 1 is 1.00 bits per heavy atom. The molecule has 0 aliphatic rings. The molecule has 0 aromatic carbocycles. The van der Waals surface area contributed by atoms with Crippen LogP contribution in [0.15, 0.2) is 25.3 Å². The van der Waals surface area contributed by atoms with E-state index in [0.717, 1.165) is 0 Å². The van der Waals surface area contributed by atoms with E-state index in [4.69, 9.17) is 9.47 Å². The van der Waals surface area contributed by atoms with Crippen molar-refractivity contribution in [2.75, 3.05) is 13.2 Å². The molecule has 146 valence electrons. The van der Waals surface area contributed by atoms with Crippen molar-refractivity contribution in [3.05, 3.63) is 25.3 Å². The molecule has 0 N–H and O–H groups in total. The van der Waals surface area contributed by atoms with Crippen LogP contribution in [0.5, 0.6) is 0 Å². The molecule has 2 unspecified atom stereocenters. The van der Waals surface area contributed by atoms with Gasteiger partial charge >= 0.3 is 11.9 Å². The minimum absolute atomic E-state index is 0.0000274. The minimum atomic E-state index is -1.77. The van der Waals surface area contributed by atoms with Crippen molar-refractivity contribution in [2.24, 2.45) is 17.3 Å². The van der Waals surface area contributed by atoms with Gasteiger partial charge < -0.3 is 9.47 Å². The van der Waals surface area contributed by atoms with Gasteiger partial charge in [0.2, 0.25) is 0 Å². The summed E-state index contributed by atoms with van der Waals surface area (Å²) in [5, 5.41) is 0. The van der Waals surface area contributed by atoms with Crippen LogP contribution in [0.4, 0.5) is 0 Å². The third-order valence-electron chi connectivity index (χ3n) is 4.20. The van der Waals surface area contributed by atoms with E-state index in [9.17, 15) is 19.2 Å². The number of ketones is 2. The molecule has 0 fully saturated rings. The highest BCUT2D eigenvalue weighted by atomic mass is 16.5. The fourth-order valence-electron chi connectivity index (χ4n) is 2.74. The average molecular weight is 366 g/mol. The first-order valence-corrected chi connectivity index (χ1v) is 8.71. The molecule has 0 aromatic rings. The SMILES string of the molecule is C=CCOC(=O)C(C)C(CCC(=O)CC(C)C)(C(C)=O)C(=O)OCC=C. The highest BCUT2D eigenvalue weighted by Crippen LogP contribution is 2.37. The predicted octanol–water partition coefficient (Wildman–Crippen LogP) is 3.05. The maximum Gasteiger partial charge on any atom is 0.320 e. The molecular weight excluding hydrogens is 336 g/mol. The zero-order valence-electron chi connectivity index (χ0n) is 16.2. The molecule has 0 aliphatic heterocycles. The third kappa shape index (κ3) is 6.58. The second-order valence-electron chi connectivity index (χ2n) is 6.69. The van der Waals surface area contributed by atoms with E-state index in [2.05, 4.69) is 13.2 Å². The normalized spacial score (nSPS) is 14.0. The quantitative estimate of drug-likeness (QED) is 0.283. The number of hydrogen-bond donors (Lipinski definition) is 0. The lowest BCUT2D eigenvalue weighted by Gasteiger charge is -2.33. The Hall–Kier alpha value is -2.24. The van der Waals surface area contributed by atoms with Crippen LogP contribution in [0.25, 0.3) is 0 Å². The van der Waals surface area contributed by atoms with E-state index in [0.29, 0.717) is 6.42 Å². The summed E-state index contributed by atoms with van der Waals surface area (Å²) in [7, 11) is 0. The molecule has 0 spiro atoms. The summed E-state index contributed by atoms with van der Waals surface area (Å²) >= 11 is 0. The van der Waals surface area contributed by atoms with E-state index in [1.54, 1.807) is 0 Å². The van der Waals surface area contributed by atoms with Gasteiger partial charge in [0.05, 0.1) is 5.92 Å². The maximum absolute atomic E-state index is 12.7. The average Bonchev–Trinajstić information content (AvgIpc) is 2.56. The van der Waals surface area contributed by atoms with E-state index in [1.165, 1.54) is 26.0 Å². The van der Waals surface area contributed by atoms with Crippen LogP contribution in [0.2, 0.25) is 0 Å². The molecule has 26 heavy (non-hydrogen) atoms. The zero-order valence-corrected chi connectivity index (χ0v) is 16.2. The lowest BCUT2D eigenvalue weighted by atomic mass is 9.69. The molecule has 0 amide bonds. The Balaban J connectivity index is 5.69. The van der Waals surface area contributed by atoms with Crippen molar-refractivity contribution in [1.82, 2.24) is 0 Å². The lowest BCUT2D eigenvalue weighted by molar-refractivity contribution is -0.172. The first kappa shape index (κ1) is 23.8. The van der Waals surface area contributed by atoms with Gasteiger partial charge in [0, 0.05) is 12.8 Å². The van der Waals surface area contributed by atoms with E-state index >= 15 is 0 Å². The summed E-state index contributed by atoms with van der Waals surface area (Å²) in [5.41, 5.74) is -1.77. The van der Waals surface area contributed by atoms with Crippen molar-refractivity contribution in [2.45, 2.75) is 47.0 Å². The summed E-state index contributed by atoms with van der Waals surface area (Å²) in [5.74, 6) is -3.10. The second kappa shape index (κ2) is 11.4. The van der Waals surface area contributed by atoms with Crippen LogP contribution in [-0.4, -0.2) is 36.7 Å². The van der Waals surface area contributed by atoms with Crippen LogP contribution in [0.1, 0.15) is 47.0 Å². The second-order valence-corrected chi connectivity index (χ2v) is 6.69. The van der Waals surface area contributed by atoms with Gasteiger partial charge in [0.1, 0.15) is 30.2 Å². The lowest BCUT2D eigenvalue weighted by Crippen LogP contribution is -2.48. The first-order chi connectivity index (χ1) is 12.1. The summed E-state index contributed by atoms with van der Waals surface area (Å²) < 4.78 is 10.1. The van der Waals surface area contributed by atoms with Crippen LogP contribution in [0.3, 0.4) is 0 Å². The standard InChI is InChI=1S/C20H30O6/c1-7-11-25-18(23)15(5)20(16(6)21,19(24)26-12-8-2)10-9-17(22)13-14(3)4/h7-8,14-15H,1-2,9-13H2,3-6H3. The number of esters is 2. The molecule has 0 bridgehead atoms. The van der Waals surface area contributed by atoms with E-state index in [-0.39, 0.29) is 37.8 Å². The molecule has 0 radical (unpaired) electrons. The van der Waals surface area contributed by atoms with Crippen molar-refractivity contribution in [1.29, 1.82) is 0 Å². The van der Waals surface area contributed by atoms with Crippen LogP contribution < -0.4 is 0 Å². The Morgan fingerprint density at radius 3 is 2.00 bits per heavy atom. The van der Waals surface area contributed by atoms with Gasteiger partial charge in [0.15, 0.2) is 0 Å². The van der Waals surface area contributed by atoms with E-state index in [1.807, 2.05) is 13.8 Å². The number of ether oxygens (including phenoxy) is 2. The molecule has 0 aromatic heterocycles. The Bertz CT molecular complexity index is 549. The fourth-order valence-corrected chi connectivity index (χ4v) is 2.74. The van der Waals surface area contributed by atoms with Gasteiger partial charge in [-0.25, -0.2) is 0 Å². The molecule has 0 saturated carbocycles. The molecular formula is C20H30O6. The molecule has 6 heteroatoms. The van der Waals surface area contributed by atoms with Gasteiger partial charge in [-0.3, -0.25) is 19.2 Å². The molecule has 2 atom stereocenters. The minimum Gasteiger partial charge on any atom is -0.461 e. The molecule has 0 saturated heterocycles. The zero-order chi connectivity index (χ0) is 20.3. The van der Waals surface area contributed by atoms with Gasteiger partial charge in [-0.2, -0.15) is 0 Å². The fraction of sp³-hybridized carbons (Fsp3) is 0.600. The summed E-state index contributed by atoms with van der Waals surface area (Å²) in [6.45, 7) is 13.3. The predicted molar refractivity (Wildman–Crippen MR) is 98.3 cm³/mol. The van der Waals surface area contributed by atoms with Gasteiger partial charge in [-0.1, -0.05) is 46.1 Å². The van der Waals surface area contributed by atoms with Gasteiger partial charge in [-0.05, 0) is 19.3 Å². The third-order valence-corrected chi connectivity index (χ3v) is 4.20. The Labute approximate surface area is 155 Å². The first-order valence-electron chi connectivity index (χ1n) is 8.71. The smallest absolute Gasteiger partial charge is 0.320 e. The van der Waals surface area contributed by atoms with Crippen LogP contribution in [0, 0.1) is 17.3 Å². The number of rotatable bonds is 13. The largest absolute Gasteiger partial charge is 0.461 e. The Kier molecular flexibility index (Phi) is 10.4. The van der Waals surface area contributed by atoms with Crippen molar-refractivity contribution in [3.63, 3.8) is 0 Å². The van der Waals surface area contributed by atoms with Crippen molar-refractivity contribution in [3.8, 4) is 0 Å². The number of carbonyl (C=O) groups excluding carboxylic acids is 4. The molecule has 0 rings (SSSR count). The molecule has 0 heterocycles. The summed E-state index contributed by atoms with van der Waals surface area (Å²) in [6.07, 6.45) is 2.99. The Morgan fingerprint density at radius 2 is 1.54 bits per heavy atom. The van der Waals surface area contributed by atoms with Gasteiger partial charge in [0.25, 0.3) is 0 Å².